The van der Waals surface area contributed by atoms with Crippen LogP contribution in [0.15, 0.2) is 59.0 Å². The molecule has 3 aromatic rings. The predicted octanol–water partition coefficient (Wildman–Crippen LogP) is 3.73. The number of nitrogens with zero attached hydrogens (tertiary/aromatic N) is 4. The van der Waals surface area contributed by atoms with Gasteiger partial charge >= 0.3 is 0 Å². The van der Waals surface area contributed by atoms with Crippen molar-refractivity contribution in [3.63, 3.8) is 0 Å². The van der Waals surface area contributed by atoms with E-state index in [0.29, 0.717) is 31.2 Å². The van der Waals surface area contributed by atoms with Gasteiger partial charge in [0.2, 0.25) is 17.7 Å². The third-order valence-corrected chi connectivity index (χ3v) is 5.99. The number of hydrogen-bond acceptors (Lipinski definition) is 6. The lowest BCUT2D eigenvalue weighted by molar-refractivity contribution is -0.134. The number of rotatable bonds is 9. The molecule has 2 heterocycles. The van der Waals surface area contributed by atoms with E-state index in [2.05, 4.69) is 34.2 Å². The monoisotopic (exact) mass is 448 g/mol. The van der Waals surface area contributed by atoms with Crippen molar-refractivity contribution in [2.45, 2.75) is 39.3 Å². The Bertz CT molecular complexity index is 1010. The Kier molecular flexibility index (Phi) is 7.86. The minimum absolute atomic E-state index is 0.0848. The zero-order chi connectivity index (χ0) is 23.0. The van der Waals surface area contributed by atoms with E-state index in [1.807, 2.05) is 54.3 Å². The van der Waals surface area contributed by atoms with Crippen molar-refractivity contribution >= 4 is 5.91 Å². The third-order valence-electron chi connectivity index (χ3n) is 5.99. The molecule has 0 N–H and O–H groups in total. The van der Waals surface area contributed by atoms with Gasteiger partial charge in [0.1, 0.15) is 0 Å². The number of carbonyl (C=O) groups excluding carboxylic acids is 1. The summed E-state index contributed by atoms with van der Waals surface area (Å²) in [6.45, 7) is 8.89. The van der Waals surface area contributed by atoms with Crippen LogP contribution >= 0.6 is 0 Å². The summed E-state index contributed by atoms with van der Waals surface area (Å²) in [5.41, 5.74) is 3.18. The SMILES string of the molecule is Cc1ccc(-c2nnc(CCC(=O)N(Cc3ccccc3)C(C)CN3CCOCC3)o2)cc1. The molecule has 1 amide bonds. The molecule has 1 atom stereocenters. The second-order valence-corrected chi connectivity index (χ2v) is 8.64. The molecule has 1 aliphatic rings. The van der Waals surface area contributed by atoms with Gasteiger partial charge in [-0.15, -0.1) is 10.2 Å². The van der Waals surface area contributed by atoms with Crippen molar-refractivity contribution < 1.29 is 13.9 Å². The standard InChI is InChI=1S/C26H32N4O3/c1-20-8-10-23(11-9-20)26-28-27-24(33-26)12-13-25(31)30(19-22-6-4-3-5-7-22)21(2)18-29-14-16-32-17-15-29/h3-11,21H,12-19H2,1-2H3. The lowest BCUT2D eigenvalue weighted by Gasteiger charge is -2.35. The molecule has 1 aromatic heterocycles. The van der Waals surface area contributed by atoms with Crippen LogP contribution in [0.5, 0.6) is 0 Å². The molecule has 1 aliphatic heterocycles. The van der Waals surface area contributed by atoms with Crippen molar-refractivity contribution in [2.24, 2.45) is 0 Å². The first-order valence-corrected chi connectivity index (χ1v) is 11.6. The second kappa shape index (κ2) is 11.2. The summed E-state index contributed by atoms with van der Waals surface area (Å²) in [6, 6.07) is 18.2. The molecule has 2 aromatic carbocycles. The molecule has 1 fully saturated rings. The summed E-state index contributed by atoms with van der Waals surface area (Å²) >= 11 is 0. The smallest absolute Gasteiger partial charge is 0.247 e. The van der Waals surface area contributed by atoms with Gasteiger partial charge in [0.15, 0.2) is 0 Å². The molecule has 0 spiro atoms. The number of aryl methyl sites for hydroxylation is 2. The minimum atomic E-state index is 0.0848. The highest BCUT2D eigenvalue weighted by molar-refractivity contribution is 5.76. The summed E-state index contributed by atoms with van der Waals surface area (Å²) in [4.78, 5) is 17.7. The normalized spacial score (nSPS) is 15.3. The number of aromatic nitrogens is 2. The highest BCUT2D eigenvalue weighted by Crippen LogP contribution is 2.19. The first-order valence-electron chi connectivity index (χ1n) is 11.6. The fourth-order valence-corrected chi connectivity index (χ4v) is 4.05. The third kappa shape index (κ3) is 6.49. The van der Waals surface area contributed by atoms with Crippen molar-refractivity contribution in [3.05, 3.63) is 71.6 Å². The van der Waals surface area contributed by atoms with Crippen LogP contribution in [-0.4, -0.2) is 64.8 Å². The molecule has 0 saturated carbocycles. The molecular weight excluding hydrogens is 416 g/mol. The molecule has 4 rings (SSSR count). The summed E-state index contributed by atoms with van der Waals surface area (Å²) < 4.78 is 11.3. The van der Waals surface area contributed by atoms with Gasteiger partial charge in [0.25, 0.3) is 0 Å². The van der Waals surface area contributed by atoms with Crippen molar-refractivity contribution in [1.82, 2.24) is 20.0 Å². The number of morpholine rings is 1. The first-order chi connectivity index (χ1) is 16.1. The zero-order valence-electron chi connectivity index (χ0n) is 19.4. The number of ether oxygens (including phenoxy) is 1. The van der Waals surface area contributed by atoms with Gasteiger partial charge in [-0.3, -0.25) is 9.69 Å². The highest BCUT2D eigenvalue weighted by Gasteiger charge is 2.24. The van der Waals surface area contributed by atoms with Gasteiger partial charge in [0, 0.05) is 50.6 Å². The molecule has 33 heavy (non-hydrogen) atoms. The van der Waals surface area contributed by atoms with Crippen LogP contribution in [0, 0.1) is 6.92 Å². The van der Waals surface area contributed by atoms with Crippen molar-refractivity contribution in [1.29, 1.82) is 0 Å². The Morgan fingerprint density at radius 1 is 1.06 bits per heavy atom. The van der Waals surface area contributed by atoms with Crippen LogP contribution in [0.25, 0.3) is 11.5 Å². The average molecular weight is 449 g/mol. The van der Waals surface area contributed by atoms with E-state index in [1.165, 1.54) is 5.56 Å². The molecule has 1 unspecified atom stereocenters. The summed E-state index contributed by atoms with van der Waals surface area (Å²) in [5, 5.41) is 8.32. The van der Waals surface area contributed by atoms with E-state index >= 15 is 0 Å². The van der Waals surface area contributed by atoms with Crippen LogP contribution in [-0.2, 0) is 22.5 Å². The molecule has 0 aliphatic carbocycles. The van der Waals surface area contributed by atoms with Crippen LogP contribution in [0.4, 0.5) is 0 Å². The maximum atomic E-state index is 13.3. The summed E-state index contributed by atoms with van der Waals surface area (Å²) in [7, 11) is 0. The Morgan fingerprint density at radius 3 is 2.52 bits per heavy atom. The first kappa shape index (κ1) is 23.1. The molecule has 1 saturated heterocycles. The van der Waals surface area contributed by atoms with Gasteiger partial charge in [-0.25, -0.2) is 0 Å². The molecule has 174 valence electrons. The van der Waals surface area contributed by atoms with E-state index in [1.54, 1.807) is 0 Å². The topological polar surface area (TPSA) is 71.7 Å². The average Bonchev–Trinajstić information content (AvgIpc) is 3.32. The molecule has 7 nitrogen and oxygen atoms in total. The fraction of sp³-hybridized carbons (Fsp3) is 0.423. The van der Waals surface area contributed by atoms with Gasteiger partial charge in [-0.05, 0) is 31.5 Å². The fourth-order valence-electron chi connectivity index (χ4n) is 4.05. The van der Waals surface area contributed by atoms with Crippen LogP contribution in [0.3, 0.4) is 0 Å². The zero-order valence-corrected chi connectivity index (χ0v) is 19.4. The quantitative estimate of drug-likeness (QED) is 0.497. The molecule has 7 heteroatoms. The van der Waals surface area contributed by atoms with Crippen molar-refractivity contribution in [2.75, 3.05) is 32.8 Å². The molecular formula is C26H32N4O3. The van der Waals surface area contributed by atoms with E-state index in [0.717, 1.165) is 44.0 Å². The van der Waals surface area contributed by atoms with E-state index in [4.69, 9.17) is 9.15 Å². The number of amides is 1. The largest absolute Gasteiger partial charge is 0.421 e. The number of carbonyl (C=O) groups is 1. The second-order valence-electron chi connectivity index (χ2n) is 8.64. The van der Waals surface area contributed by atoms with Gasteiger partial charge in [-0.2, -0.15) is 0 Å². The van der Waals surface area contributed by atoms with Gasteiger partial charge in [-0.1, -0.05) is 48.0 Å². The number of benzene rings is 2. The summed E-state index contributed by atoms with van der Waals surface area (Å²) in [6.07, 6.45) is 0.753. The van der Waals surface area contributed by atoms with E-state index in [-0.39, 0.29) is 11.9 Å². The Labute approximate surface area is 195 Å². The minimum Gasteiger partial charge on any atom is -0.421 e. The van der Waals surface area contributed by atoms with Crippen LogP contribution < -0.4 is 0 Å². The lowest BCUT2D eigenvalue weighted by Crippen LogP contribution is -2.48. The molecule has 0 bridgehead atoms. The van der Waals surface area contributed by atoms with Crippen molar-refractivity contribution in [3.8, 4) is 11.5 Å². The maximum absolute atomic E-state index is 13.3. The Morgan fingerprint density at radius 2 is 1.79 bits per heavy atom. The highest BCUT2D eigenvalue weighted by atomic mass is 16.5. The van der Waals surface area contributed by atoms with E-state index in [9.17, 15) is 4.79 Å². The Balaban J connectivity index is 1.40. The molecule has 0 radical (unpaired) electrons. The van der Waals surface area contributed by atoms with Crippen LogP contribution in [0.1, 0.15) is 30.4 Å². The predicted molar refractivity (Wildman–Crippen MR) is 127 cm³/mol. The van der Waals surface area contributed by atoms with E-state index < -0.39 is 0 Å². The van der Waals surface area contributed by atoms with Crippen LogP contribution in [0.2, 0.25) is 0 Å². The van der Waals surface area contributed by atoms with Gasteiger partial charge in [0.05, 0.1) is 13.2 Å². The number of hydrogen-bond donors (Lipinski definition) is 0. The summed E-state index contributed by atoms with van der Waals surface area (Å²) in [5.74, 6) is 1.06. The lowest BCUT2D eigenvalue weighted by atomic mass is 10.1. The Hall–Kier alpha value is -3.03. The maximum Gasteiger partial charge on any atom is 0.247 e. The van der Waals surface area contributed by atoms with Gasteiger partial charge < -0.3 is 14.1 Å².